The normalized spacial score (nSPS) is 12.0. The number of aryl methyl sites for hydroxylation is 1. The van der Waals surface area contributed by atoms with Crippen LogP contribution < -0.4 is 0 Å². The van der Waals surface area contributed by atoms with Crippen molar-refractivity contribution in [2.75, 3.05) is 7.05 Å². The Hall–Kier alpha value is -1.11. The molecular formula is C13H14BrNO3S. The van der Waals surface area contributed by atoms with Crippen molar-refractivity contribution in [2.24, 2.45) is 0 Å². The van der Waals surface area contributed by atoms with E-state index in [0.717, 1.165) is 15.6 Å². The van der Waals surface area contributed by atoms with E-state index in [-0.39, 0.29) is 6.54 Å². The molecule has 0 aliphatic rings. The van der Waals surface area contributed by atoms with Gasteiger partial charge in [-0.2, -0.15) is 4.31 Å². The van der Waals surface area contributed by atoms with Crippen LogP contribution in [-0.2, 0) is 16.6 Å². The molecule has 1 aromatic heterocycles. The van der Waals surface area contributed by atoms with Crippen LogP contribution in [-0.4, -0.2) is 19.8 Å². The number of sulfonamides is 1. The third-order valence-corrected chi connectivity index (χ3v) is 5.51. The lowest BCUT2D eigenvalue weighted by atomic mass is 10.2. The Labute approximate surface area is 121 Å². The van der Waals surface area contributed by atoms with E-state index < -0.39 is 10.0 Å². The summed E-state index contributed by atoms with van der Waals surface area (Å²) in [5.41, 5.74) is 1.71. The van der Waals surface area contributed by atoms with Crippen LogP contribution in [0, 0.1) is 6.92 Å². The molecule has 0 saturated heterocycles. The smallest absolute Gasteiger partial charge is 0.243 e. The summed E-state index contributed by atoms with van der Waals surface area (Å²) >= 11 is 3.36. The monoisotopic (exact) mass is 343 g/mol. The highest BCUT2D eigenvalue weighted by Crippen LogP contribution is 2.22. The van der Waals surface area contributed by atoms with Crippen LogP contribution in [0.25, 0.3) is 0 Å². The lowest BCUT2D eigenvalue weighted by Crippen LogP contribution is -2.26. The summed E-state index contributed by atoms with van der Waals surface area (Å²) in [4.78, 5) is 0.291. The average molecular weight is 344 g/mol. The fourth-order valence-corrected chi connectivity index (χ4v) is 3.17. The Morgan fingerprint density at radius 1 is 1.32 bits per heavy atom. The van der Waals surface area contributed by atoms with E-state index in [0.29, 0.717) is 4.90 Å². The highest BCUT2D eigenvalue weighted by Gasteiger charge is 2.21. The highest BCUT2D eigenvalue weighted by molar-refractivity contribution is 9.10. The second kappa shape index (κ2) is 5.48. The van der Waals surface area contributed by atoms with Gasteiger partial charge in [0, 0.05) is 23.6 Å². The van der Waals surface area contributed by atoms with E-state index in [4.69, 9.17) is 4.42 Å². The van der Waals surface area contributed by atoms with Crippen molar-refractivity contribution in [3.8, 4) is 0 Å². The van der Waals surface area contributed by atoms with Crippen LogP contribution in [0.3, 0.4) is 0 Å². The van der Waals surface area contributed by atoms with Crippen molar-refractivity contribution < 1.29 is 12.8 Å². The molecule has 0 amide bonds. The van der Waals surface area contributed by atoms with Gasteiger partial charge in [0.25, 0.3) is 0 Å². The second-order valence-corrected chi connectivity index (χ2v) is 7.20. The van der Waals surface area contributed by atoms with Gasteiger partial charge in [-0.05, 0) is 36.8 Å². The molecule has 2 aromatic rings. The minimum Gasteiger partial charge on any atom is -0.472 e. The lowest BCUT2D eigenvalue weighted by Gasteiger charge is -2.16. The third-order valence-electron chi connectivity index (χ3n) is 2.82. The molecule has 0 unspecified atom stereocenters. The Bertz CT molecular complexity index is 665. The molecule has 0 atom stereocenters. The maximum atomic E-state index is 12.4. The molecule has 19 heavy (non-hydrogen) atoms. The topological polar surface area (TPSA) is 50.5 Å². The summed E-state index contributed by atoms with van der Waals surface area (Å²) in [6.45, 7) is 2.15. The molecule has 6 heteroatoms. The van der Waals surface area contributed by atoms with E-state index >= 15 is 0 Å². The fourth-order valence-electron chi connectivity index (χ4n) is 1.68. The summed E-state index contributed by atoms with van der Waals surface area (Å²) in [6, 6.07) is 6.75. The van der Waals surface area contributed by atoms with Gasteiger partial charge in [-0.3, -0.25) is 0 Å². The molecule has 2 rings (SSSR count). The van der Waals surface area contributed by atoms with Crippen LogP contribution in [0.1, 0.15) is 11.1 Å². The maximum absolute atomic E-state index is 12.4. The largest absolute Gasteiger partial charge is 0.472 e. The molecule has 102 valence electrons. The molecule has 0 bridgehead atoms. The molecule has 0 N–H and O–H groups in total. The molecule has 0 aliphatic heterocycles. The van der Waals surface area contributed by atoms with Gasteiger partial charge in [0.05, 0.1) is 17.4 Å². The zero-order chi connectivity index (χ0) is 14.0. The number of nitrogens with zero attached hydrogens (tertiary/aromatic N) is 1. The Morgan fingerprint density at radius 3 is 2.63 bits per heavy atom. The number of benzene rings is 1. The van der Waals surface area contributed by atoms with Gasteiger partial charge in [-0.25, -0.2) is 8.42 Å². The first kappa shape index (κ1) is 14.3. The van der Waals surface area contributed by atoms with E-state index in [1.165, 1.54) is 10.6 Å². The van der Waals surface area contributed by atoms with Crippen molar-refractivity contribution in [3.63, 3.8) is 0 Å². The van der Waals surface area contributed by atoms with Gasteiger partial charge in [-0.1, -0.05) is 15.9 Å². The SMILES string of the molecule is Cc1cc(S(=O)(=O)N(C)Cc2ccoc2)ccc1Br. The molecule has 0 spiro atoms. The number of hydrogen-bond donors (Lipinski definition) is 0. The van der Waals surface area contributed by atoms with Crippen molar-refractivity contribution in [1.82, 2.24) is 4.31 Å². The number of rotatable bonds is 4. The van der Waals surface area contributed by atoms with E-state index in [1.807, 2.05) is 6.92 Å². The Morgan fingerprint density at radius 2 is 2.05 bits per heavy atom. The first-order chi connectivity index (χ1) is 8.91. The number of hydrogen-bond acceptors (Lipinski definition) is 3. The first-order valence-corrected chi connectivity index (χ1v) is 7.88. The van der Waals surface area contributed by atoms with E-state index in [2.05, 4.69) is 15.9 Å². The predicted octanol–water partition coefficient (Wildman–Crippen LogP) is 3.17. The summed E-state index contributed by atoms with van der Waals surface area (Å²) in [5.74, 6) is 0. The Balaban J connectivity index is 2.28. The molecule has 4 nitrogen and oxygen atoms in total. The van der Waals surface area contributed by atoms with E-state index in [9.17, 15) is 8.42 Å². The van der Waals surface area contributed by atoms with Gasteiger partial charge < -0.3 is 4.42 Å². The molecule has 1 aromatic carbocycles. The van der Waals surface area contributed by atoms with Crippen molar-refractivity contribution in [1.29, 1.82) is 0 Å². The zero-order valence-electron chi connectivity index (χ0n) is 10.6. The highest BCUT2D eigenvalue weighted by atomic mass is 79.9. The summed E-state index contributed by atoms with van der Waals surface area (Å²) in [5, 5.41) is 0. The van der Waals surface area contributed by atoms with E-state index in [1.54, 1.807) is 37.6 Å². The number of halogens is 1. The van der Waals surface area contributed by atoms with Gasteiger partial charge in [0.1, 0.15) is 0 Å². The molecule has 0 radical (unpaired) electrons. The lowest BCUT2D eigenvalue weighted by molar-refractivity contribution is 0.463. The van der Waals surface area contributed by atoms with Crippen LogP contribution in [0.15, 0.2) is 50.6 Å². The molecule has 0 fully saturated rings. The van der Waals surface area contributed by atoms with Crippen LogP contribution in [0.5, 0.6) is 0 Å². The molecule has 0 aliphatic carbocycles. The molecule has 1 heterocycles. The van der Waals surface area contributed by atoms with Crippen molar-refractivity contribution >= 4 is 26.0 Å². The van der Waals surface area contributed by atoms with Gasteiger partial charge in [0.15, 0.2) is 0 Å². The molecule has 0 saturated carbocycles. The average Bonchev–Trinajstić information content (AvgIpc) is 2.85. The summed E-state index contributed by atoms with van der Waals surface area (Å²) < 4.78 is 31.9. The quantitative estimate of drug-likeness (QED) is 0.856. The minimum atomic E-state index is -3.48. The summed E-state index contributed by atoms with van der Waals surface area (Å²) in [7, 11) is -1.93. The Kier molecular flexibility index (Phi) is 4.13. The predicted molar refractivity (Wildman–Crippen MR) is 76.2 cm³/mol. The van der Waals surface area contributed by atoms with Gasteiger partial charge in [-0.15, -0.1) is 0 Å². The first-order valence-electron chi connectivity index (χ1n) is 5.65. The standard InChI is InChI=1S/C13H14BrNO3S/c1-10-7-12(3-4-13(10)14)19(16,17)15(2)8-11-5-6-18-9-11/h3-7,9H,8H2,1-2H3. The van der Waals surface area contributed by atoms with Crippen LogP contribution in [0.2, 0.25) is 0 Å². The maximum Gasteiger partial charge on any atom is 0.243 e. The third kappa shape index (κ3) is 3.08. The van der Waals surface area contributed by atoms with Gasteiger partial charge in [0.2, 0.25) is 10.0 Å². The second-order valence-electron chi connectivity index (χ2n) is 4.30. The fraction of sp³-hybridized carbons (Fsp3) is 0.231. The van der Waals surface area contributed by atoms with Gasteiger partial charge >= 0.3 is 0 Å². The van der Waals surface area contributed by atoms with Crippen LogP contribution in [0.4, 0.5) is 0 Å². The zero-order valence-corrected chi connectivity index (χ0v) is 13.0. The molecular weight excluding hydrogens is 330 g/mol. The summed E-state index contributed by atoms with van der Waals surface area (Å²) in [6.07, 6.45) is 3.07. The van der Waals surface area contributed by atoms with Crippen LogP contribution >= 0.6 is 15.9 Å². The number of furan rings is 1. The minimum absolute atomic E-state index is 0.286. The van der Waals surface area contributed by atoms with Crippen molar-refractivity contribution in [3.05, 3.63) is 52.4 Å². The van der Waals surface area contributed by atoms with Crippen molar-refractivity contribution in [2.45, 2.75) is 18.4 Å².